The van der Waals surface area contributed by atoms with E-state index in [4.69, 9.17) is 27.4 Å². The van der Waals surface area contributed by atoms with Gasteiger partial charge in [0, 0.05) is 12.7 Å². The minimum atomic E-state index is -0.574. The highest BCUT2D eigenvalue weighted by atomic mass is 32.1. The number of thiocarbonyl (C=S) groups is 1. The number of carbonyl (C=O) groups excluding carboxylic acids is 1. The summed E-state index contributed by atoms with van der Waals surface area (Å²) < 4.78 is 10.2. The highest BCUT2D eigenvalue weighted by Gasteiger charge is 2.15. The minimum absolute atomic E-state index is 0.240. The van der Waals surface area contributed by atoms with Crippen molar-refractivity contribution in [3.05, 3.63) is 29.8 Å². The zero-order valence-electron chi connectivity index (χ0n) is 11.0. The van der Waals surface area contributed by atoms with Gasteiger partial charge < -0.3 is 20.5 Å². The number of methoxy groups -OCH3 is 1. The predicted octanol–water partition coefficient (Wildman–Crippen LogP) is 1.31. The van der Waals surface area contributed by atoms with E-state index in [0.29, 0.717) is 24.5 Å². The summed E-state index contributed by atoms with van der Waals surface area (Å²) in [4.78, 5) is 12.2. The van der Waals surface area contributed by atoms with Crippen molar-refractivity contribution < 1.29 is 14.3 Å². The van der Waals surface area contributed by atoms with Crippen LogP contribution in [0.1, 0.15) is 12.5 Å². The summed E-state index contributed by atoms with van der Waals surface area (Å²) in [6.07, 6.45) is -0.574. The summed E-state index contributed by atoms with van der Waals surface area (Å²) in [5.74, 6) is -0.250. The number of benzene rings is 1. The maximum atomic E-state index is 11.9. The molecule has 0 spiro atoms. The molecule has 1 aromatic carbocycles. The number of para-hydroxylation sites is 1. The molecule has 0 radical (unpaired) electrons. The van der Waals surface area contributed by atoms with Crippen LogP contribution in [0.5, 0.6) is 0 Å². The lowest BCUT2D eigenvalue weighted by Crippen LogP contribution is -2.29. The van der Waals surface area contributed by atoms with Gasteiger partial charge in [0.05, 0.1) is 18.9 Å². The fourth-order valence-electron chi connectivity index (χ4n) is 1.43. The molecule has 0 aliphatic heterocycles. The Kier molecular flexibility index (Phi) is 6.41. The van der Waals surface area contributed by atoms with E-state index in [0.717, 1.165) is 0 Å². The molecule has 6 heteroatoms. The van der Waals surface area contributed by atoms with Crippen molar-refractivity contribution in [2.24, 2.45) is 5.73 Å². The smallest absolute Gasteiger partial charge is 0.253 e. The van der Waals surface area contributed by atoms with Crippen molar-refractivity contribution in [2.45, 2.75) is 13.0 Å². The van der Waals surface area contributed by atoms with Gasteiger partial charge in [-0.1, -0.05) is 24.4 Å². The molecule has 1 rings (SSSR count). The summed E-state index contributed by atoms with van der Waals surface area (Å²) in [7, 11) is 1.58. The lowest BCUT2D eigenvalue weighted by Gasteiger charge is -2.15. The van der Waals surface area contributed by atoms with Crippen LogP contribution in [0, 0.1) is 0 Å². The zero-order valence-corrected chi connectivity index (χ0v) is 11.8. The molecule has 0 saturated heterocycles. The number of carbonyl (C=O) groups is 1. The van der Waals surface area contributed by atoms with Gasteiger partial charge in [0.2, 0.25) is 0 Å². The number of rotatable bonds is 7. The fraction of sp³-hybridized carbons (Fsp3) is 0.385. The summed E-state index contributed by atoms with van der Waals surface area (Å²) >= 11 is 4.93. The molecule has 104 valence electrons. The average Bonchev–Trinajstić information content (AvgIpc) is 2.39. The van der Waals surface area contributed by atoms with Crippen molar-refractivity contribution in [3.63, 3.8) is 0 Å². The molecule has 0 aliphatic carbocycles. The van der Waals surface area contributed by atoms with Crippen LogP contribution >= 0.6 is 12.2 Å². The van der Waals surface area contributed by atoms with Crippen molar-refractivity contribution in [1.82, 2.24) is 0 Å². The lowest BCUT2D eigenvalue weighted by molar-refractivity contribution is -0.127. The van der Waals surface area contributed by atoms with Gasteiger partial charge in [0.15, 0.2) is 0 Å². The number of anilines is 1. The Hall–Kier alpha value is -1.50. The third-order valence-corrected chi connectivity index (χ3v) is 2.69. The molecule has 0 heterocycles. The maximum Gasteiger partial charge on any atom is 0.253 e. The highest BCUT2D eigenvalue weighted by molar-refractivity contribution is 7.80. The molecule has 5 nitrogen and oxygen atoms in total. The van der Waals surface area contributed by atoms with Crippen LogP contribution in [0.3, 0.4) is 0 Å². The summed E-state index contributed by atoms with van der Waals surface area (Å²) in [5, 5.41) is 2.75. The molecule has 1 amide bonds. The van der Waals surface area contributed by atoms with Crippen LogP contribution in [0.25, 0.3) is 0 Å². The topological polar surface area (TPSA) is 73.6 Å². The van der Waals surface area contributed by atoms with E-state index in [2.05, 4.69) is 5.32 Å². The van der Waals surface area contributed by atoms with Gasteiger partial charge >= 0.3 is 0 Å². The molecule has 0 aromatic heterocycles. The van der Waals surface area contributed by atoms with E-state index in [9.17, 15) is 4.79 Å². The van der Waals surface area contributed by atoms with Gasteiger partial charge in [-0.25, -0.2) is 0 Å². The van der Waals surface area contributed by atoms with Crippen molar-refractivity contribution >= 4 is 28.8 Å². The lowest BCUT2D eigenvalue weighted by atomic mass is 10.1. The molecule has 0 fully saturated rings. The Bertz CT molecular complexity index is 451. The predicted molar refractivity (Wildman–Crippen MR) is 78.2 cm³/mol. The molecule has 0 saturated carbocycles. The second-order valence-electron chi connectivity index (χ2n) is 3.90. The quantitative estimate of drug-likeness (QED) is 0.583. The van der Waals surface area contributed by atoms with Gasteiger partial charge in [-0.2, -0.15) is 0 Å². The van der Waals surface area contributed by atoms with Crippen LogP contribution in [0.2, 0.25) is 0 Å². The number of nitrogens with two attached hydrogens (primary N) is 1. The Balaban J connectivity index is 2.64. The summed E-state index contributed by atoms with van der Waals surface area (Å²) in [6.45, 7) is 2.48. The van der Waals surface area contributed by atoms with E-state index in [1.807, 2.05) is 6.07 Å². The molecule has 0 aliphatic rings. The first-order valence-electron chi connectivity index (χ1n) is 5.86. The maximum absolute atomic E-state index is 11.9. The second-order valence-corrected chi connectivity index (χ2v) is 4.34. The van der Waals surface area contributed by atoms with Gasteiger partial charge in [0.1, 0.15) is 11.1 Å². The first-order chi connectivity index (χ1) is 9.06. The molecular weight excluding hydrogens is 264 g/mol. The highest BCUT2D eigenvalue weighted by Crippen LogP contribution is 2.15. The first kappa shape index (κ1) is 15.6. The van der Waals surface area contributed by atoms with E-state index >= 15 is 0 Å². The Labute approximate surface area is 118 Å². The van der Waals surface area contributed by atoms with Crippen LogP contribution in [-0.4, -0.2) is 37.3 Å². The fourth-order valence-corrected chi connectivity index (χ4v) is 1.60. The van der Waals surface area contributed by atoms with Gasteiger partial charge in [-0.3, -0.25) is 4.79 Å². The monoisotopic (exact) mass is 282 g/mol. The Morgan fingerprint density at radius 3 is 2.74 bits per heavy atom. The number of hydrogen-bond donors (Lipinski definition) is 2. The molecule has 0 bridgehead atoms. The molecule has 1 atom stereocenters. The minimum Gasteiger partial charge on any atom is -0.389 e. The van der Waals surface area contributed by atoms with Crippen LogP contribution in [0.15, 0.2) is 24.3 Å². The number of amides is 1. The molecule has 1 unspecified atom stereocenters. The van der Waals surface area contributed by atoms with E-state index < -0.39 is 6.10 Å². The van der Waals surface area contributed by atoms with Crippen molar-refractivity contribution in [1.29, 1.82) is 0 Å². The largest absolute Gasteiger partial charge is 0.389 e. The Morgan fingerprint density at radius 2 is 2.11 bits per heavy atom. The van der Waals surface area contributed by atoms with E-state index in [1.165, 1.54) is 0 Å². The molecular formula is C13H18N2O3S. The molecule has 19 heavy (non-hydrogen) atoms. The van der Waals surface area contributed by atoms with Gasteiger partial charge in [-0.05, 0) is 19.1 Å². The van der Waals surface area contributed by atoms with Gasteiger partial charge in [0.25, 0.3) is 5.91 Å². The number of hydrogen-bond acceptors (Lipinski definition) is 4. The normalized spacial score (nSPS) is 11.9. The number of ether oxygens (including phenoxy) is 2. The third kappa shape index (κ3) is 4.94. The van der Waals surface area contributed by atoms with Gasteiger partial charge in [-0.15, -0.1) is 0 Å². The van der Waals surface area contributed by atoms with E-state index in [1.54, 1.807) is 32.2 Å². The molecule has 3 N–H and O–H groups in total. The first-order valence-corrected chi connectivity index (χ1v) is 6.27. The van der Waals surface area contributed by atoms with Crippen molar-refractivity contribution in [2.75, 3.05) is 25.6 Å². The average molecular weight is 282 g/mol. The van der Waals surface area contributed by atoms with Crippen LogP contribution in [-0.2, 0) is 14.3 Å². The van der Waals surface area contributed by atoms with Crippen LogP contribution in [0.4, 0.5) is 5.69 Å². The van der Waals surface area contributed by atoms with Crippen LogP contribution < -0.4 is 11.1 Å². The SMILES string of the molecule is COCCOC(C)C(=O)Nc1ccccc1C(N)=S. The second kappa shape index (κ2) is 7.83. The Morgan fingerprint density at radius 1 is 1.42 bits per heavy atom. The molecule has 1 aromatic rings. The third-order valence-electron chi connectivity index (χ3n) is 2.47. The van der Waals surface area contributed by atoms with Crippen molar-refractivity contribution in [3.8, 4) is 0 Å². The summed E-state index contributed by atoms with van der Waals surface area (Å²) in [5.41, 5.74) is 6.82. The van der Waals surface area contributed by atoms with E-state index in [-0.39, 0.29) is 10.9 Å². The zero-order chi connectivity index (χ0) is 14.3. The standard InChI is InChI=1S/C13H18N2O3S/c1-9(18-8-7-17-2)13(16)15-11-6-4-3-5-10(11)12(14)19/h3-6,9H,7-8H2,1-2H3,(H2,14,19)(H,15,16). The summed E-state index contributed by atoms with van der Waals surface area (Å²) in [6, 6.07) is 7.11. The number of nitrogens with one attached hydrogen (secondary N) is 1.